The molecule has 5 nitrogen and oxygen atoms in total. The highest BCUT2D eigenvalue weighted by Crippen LogP contribution is 2.21. The largest absolute Gasteiger partial charge is 0.481 e. The van der Waals surface area contributed by atoms with Gasteiger partial charge in [-0.2, -0.15) is 0 Å². The number of likely N-dealkylation sites (tertiary alicyclic amines) is 1. The molecule has 0 radical (unpaired) electrons. The van der Waals surface area contributed by atoms with Gasteiger partial charge in [0.25, 0.3) is 0 Å². The summed E-state index contributed by atoms with van der Waals surface area (Å²) in [5.41, 5.74) is -0.349. The molecule has 0 saturated carbocycles. The summed E-state index contributed by atoms with van der Waals surface area (Å²) >= 11 is 0. The van der Waals surface area contributed by atoms with Crippen LogP contribution in [0, 0.1) is 5.92 Å². The Kier molecular flexibility index (Phi) is 4.59. The number of amides is 2. The van der Waals surface area contributed by atoms with E-state index in [1.165, 1.54) is 0 Å². The highest BCUT2D eigenvalue weighted by molar-refractivity contribution is 5.76. The molecule has 104 valence electrons. The van der Waals surface area contributed by atoms with E-state index in [-0.39, 0.29) is 24.5 Å². The molecule has 0 bridgehead atoms. The van der Waals surface area contributed by atoms with Gasteiger partial charge in [0.15, 0.2) is 0 Å². The van der Waals surface area contributed by atoms with Crippen LogP contribution in [0.4, 0.5) is 4.79 Å². The second-order valence-corrected chi connectivity index (χ2v) is 6.09. The van der Waals surface area contributed by atoms with Crippen LogP contribution in [0.15, 0.2) is 0 Å². The Morgan fingerprint density at radius 2 is 2.00 bits per heavy atom. The van der Waals surface area contributed by atoms with E-state index in [0.717, 1.165) is 19.5 Å². The van der Waals surface area contributed by atoms with Gasteiger partial charge < -0.3 is 14.9 Å². The van der Waals surface area contributed by atoms with Crippen molar-refractivity contribution < 1.29 is 14.7 Å². The summed E-state index contributed by atoms with van der Waals surface area (Å²) in [5, 5.41) is 8.77. The molecule has 0 aromatic heterocycles. The van der Waals surface area contributed by atoms with E-state index in [0.29, 0.717) is 5.92 Å². The Labute approximate surface area is 109 Å². The highest BCUT2D eigenvalue weighted by Gasteiger charge is 2.33. The molecular formula is C13H24N2O3. The monoisotopic (exact) mass is 256 g/mol. The molecule has 1 heterocycles. The quantitative estimate of drug-likeness (QED) is 0.840. The lowest BCUT2D eigenvalue weighted by Crippen LogP contribution is -2.52. The van der Waals surface area contributed by atoms with Crippen molar-refractivity contribution in [2.45, 2.75) is 46.1 Å². The van der Waals surface area contributed by atoms with Crippen molar-refractivity contribution >= 4 is 12.0 Å². The zero-order valence-corrected chi connectivity index (χ0v) is 11.8. The third-order valence-corrected chi connectivity index (χ3v) is 3.28. The molecule has 0 spiro atoms. The van der Waals surface area contributed by atoms with E-state index in [9.17, 15) is 9.59 Å². The van der Waals surface area contributed by atoms with Crippen molar-refractivity contribution in [3.63, 3.8) is 0 Å². The van der Waals surface area contributed by atoms with Crippen molar-refractivity contribution in [3.05, 3.63) is 0 Å². The van der Waals surface area contributed by atoms with Crippen LogP contribution in [0.2, 0.25) is 0 Å². The Bertz CT molecular complexity index is 323. The molecule has 1 unspecified atom stereocenters. The normalized spacial score (nSPS) is 20.0. The van der Waals surface area contributed by atoms with Crippen LogP contribution in [-0.2, 0) is 4.79 Å². The number of nitrogens with zero attached hydrogens (tertiary/aromatic N) is 2. The van der Waals surface area contributed by atoms with Crippen molar-refractivity contribution in [1.29, 1.82) is 0 Å². The maximum atomic E-state index is 12.4. The smallest absolute Gasteiger partial charge is 0.320 e. The highest BCUT2D eigenvalue weighted by atomic mass is 16.4. The molecule has 5 heteroatoms. The minimum atomic E-state index is -0.869. The third-order valence-electron chi connectivity index (χ3n) is 3.28. The van der Waals surface area contributed by atoms with Gasteiger partial charge >= 0.3 is 12.0 Å². The maximum absolute atomic E-state index is 12.4. The van der Waals surface area contributed by atoms with Crippen molar-refractivity contribution in [1.82, 2.24) is 9.80 Å². The standard InChI is InChI=1S/C13H24N2O3/c1-10-5-7-14(9-10)12(18)15(13(2,3)4)8-6-11(16)17/h10H,5-9H2,1-4H3,(H,16,17). The van der Waals surface area contributed by atoms with E-state index < -0.39 is 5.97 Å². The van der Waals surface area contributed by atoms with Crippen LogP contribution in [0.5, 0.6) is 0 Å². The average Bonchev–Trinajstić information content (AvgIpc) is 2.62. The summed E-state index contributed by atoms with van der Waals surface area (Å²) in [7, 11) is 0. The molecule has 0 aromatic rings. The Morgan fingerprint density at radius 1 is 1.39 bits per heavy atom. The first-order valence-electron chi connectivity index (χ1n) is 6.50. The second kappa shape index (κ2) is 5.59. The third kappa shape index (κ3) is 3.89. The topological polar surface area (TPSA) is 60.9 Å². The number of carbonyl (C=O) groups is 2. The molecule has 1 atom stereocenters. The Morgan fingerprint density at radius 3 is 2.39 bits per heavy atom. The van der Waals surface area contributed by atoms with Gasteiger partial charge in [-0.3, -0.25) is 4.79 Å². The molecule has 1 N–H and O–H groups in total. The van der Waals surface area contributed by atoms with Gasteiger partial charge in [-0.25, -0.2) is 4.79 Å². The van der Waals surface area contributed by atoms with E-state index in [2.05, 4.69) is 6.92 Å². The van der Waals surface area contributed by atoms with Gasteiger partial charge in [0.1, 0.15) is 0 Å². The van der Waals surface area contributed by atoms with Crippen LogP contribution in [0.1, 0.15) is 40.5 Å². The molecule has 1 rings (SSSR count). The predicted molar refractivity (Wildman–Crippen MR) is 69.5 cm³/mol. The molecule has 1 aliphatic rings. The number of aliphatic carboxylic acids is 1. The van der Waals surface area contributed by atoms with Gasteiger partial charge in [0.05, 0.1) is 6.42 Å². The molecule has 1 aliphatic heterocycles. The molecule has 1 fully saturated rings. The lowest BCUT2D eigenvalue weighted by atomic mass is 10.1. The van der Waals surface area contributed by atoms with Crippen molar-refractivity contribution in [2.75, 3.05) is 19.6 Å². The van der Waals surface area contributed by atoms with Crippen LogP contribution >= 0.6 is 0 Å². The minimum Gasteiger partial charge on any atom is -0.481 e. The number of rotatable bonds is 3. The van der Waals surface area contributed by atoms with E-state index in [1.807, 2.05) is 25.7 Å². The summed E-state index contributed by atoms with van der Waals surface area (Å²) < 4.78 is 0. The first-order chi connectivity index (χ1) is 8.21. The summed E-state index contributed by atoms with van der Waals surface area (Å²) in [4.78, 5) is 26.6. The SMILES string of the molecule is CC1CCN(C(=O)N(CCC(=O)O)C(C)(C)C)C1. The number of carboxylic acid groups (broad SMARTS) is 1. The number of carboxylic acids is 1. The zero-order chi connectivity index (χ0) is 13.9. The summed E-state index contributed by atoms with van der Waals surface area (Å²) in [6, 6.07) is -0.0342. The van der Waals surface area contributed by atoms with E-state index >= 15 is 0 Å². The van der Waals surface area contributed by atoms with E-state index in [1.54, 1.807) is 4.90 Å². The van der Waals surface area contributed by atoms with E-state index in [4.69, 9.17) is 5.11 Å². The Balaban J connectivity index is 2.70. The maximum Gasteiger partial charge on any atom is 0.320 e. The Hall–Kier alpha value is -1.26. The van der Waals surface area contributed by atoms with Gasteiger partial charge in [-0.15, -0.1) is 0 Å². The minimum absolute atomic E-state index is 0.00754. The number of carbonyl (C=O) groups excluding carboxylic acids is 1. The van der Waals surface area contributed by atoms with Gasteiger partial charge in [-0.1, -0.05) is 6.92 Å². The number of hydrogen-bond acceptors (Lipinski definition) is 2. The van der Waals surface area contributed by atoms with Gasteiger partial charge in [-0.05, 0) is 33.1 Å². The fraction of sp³-hybridized carbons (Fsp3) is 0.846. The summed E-state index contributed by atoms with van der Waals surface area (Å²) in [6.45, 7) is 9.76. The number of urea groups is 1. The zero-order valence-electron chi connectivity index (χ0n) is 11.8. The molecular weight excluding hydrogens is 232 g/mol. The fourth-order valence-corrected chi connectivity index (χ4v) is 2.20. The molecule has 1 saturated heterocycles. The molecule has 0 aliphatic carbocycles. The lowest BCUT2D eigenvalue weighted by molar-refractivity contribution is -0.137. The first kappa shape index (κ1) is 14.8. The lowest BCUT2D eigenvalue weighted by Gasteiger charge is -2.38. The molecule has 2 amide bonds. The predicted octanol–water partition coefficient (Wildman–Crippen LogP) is 2.02. The second-order valence-electron chi connectivity index (χ2n) is 6.09. The van der Waals surface area contributed by atoms with Crippen LogP contribution in [-0.4, -0.2) is 52.1 Å². The van der Waals surface area contributed by atoms with Crippen LogP contribution < -0.4 is 0 Å². The summed E-state index contributed by atoms with van der Waals surface area (Å²) in [6.07, 6.45) is 1.02. The van der Waals surface area contributed by atoms with Crippen LogP contribution in [0.3, 0.4) is 0 Å². The molecule has 0 aromatic carbocycles. The number of hydrogen-bond donors (Lipinski definition) is 1. The molecule has 18 heavy (non-hydrogen) atoms. The average molecular weight is 256 g/mol. The van der Waals surface area contributed by atoms with Crippen molar-refractivity contribution in [2.24, 2.45) is 5.92 Å². The first-order valence-corrected chi connectivity index (χ1v) is 6.50. The van der Waals surface area contributed by atoms with Gasteiger partial charge in [0.2, 0.25) is 0 Å². The summed E-state index contributed by atoms with van der Waals surface area (Å²) in [5.74, 6) is -0.331. The van der Waals surface area contributed by atoms with Gasteiger partial charge in [0, 0.05) is 25.2 Å². The fourth-order valence-electron chi connectivity index (χ4n) is 2.20. The van der Waals surface area contributed by atoms with Crippen molar-refractivity contribution in [3.8, 4) is 0 Å². The van der Waals surface area contributed by atoms with Crippen LogP contribution in [0.25, 0.3) is 0 Å².